The summed E-state index contributed by atoms with van der Waals surface area (Å²) in [5.74, 6) is 0.962. The number of fused-ring (bicyclic) bond motifs is 1. The Hall–Kier alpha value is -3.17. The van der Waals surface area contributed by atoms with E-state index in [1.54, 1.807) is 0 Å². The topological polar surface area (TPSA) is 87.9 Å². The predicted octanol–water partition coefficient (Wildman–Crippen LogP) is 4.54. The van der Waals surface area contributed by atoms with Crippen molar-refractivity contribution in [1.82, 2.24) is 14.5 Å². The summed E-state index contributed by atoms with van der Waals surface area (Å²) >= 11 is 0. The first-order chi connectivity index (χ1) is 16.4. The van der Waals surface area contributed by atoms with Crippen LogP contribution in [0.4, 0.5) is 0 Å². The van der Waals surface area contributed by atoms with Crippen molar-refractivity contribution in [2.75, 3.05) is 13.1 Å². The zero-order valence-electron chi connectivity index (χ0n) is 20.2. The van der Waals surface area contributed by atoms with Crippen LogP contribution in [0.25, 0.3) is 11.0 Å². The van der Waals surface area contributed by atoms with Gasteiger partial charge in [0, 0.05) is 12.5 Å². The fraction of sp³-hybridized carbons (Fsp3) is 0.464. The number of likely N-dealkylation sites (tertiary alicyclic amines) is 1. The van der Waals surface area contributed by atoms with E-state index >= 15 is 0 Å². The molecule has 6 heteroatoms. The Balaban J connectivity index is 1.61. The molecular formula is C28H33N5O. The number of amides is 1. The number of hydrogen-bond acceptors (Lipinski definition) is 4. The molecule has 5 rings (SSSR count). The van der Waals surface area contributed by atoms with E-state index in [4.69, 9.17) is 10.7 Å². The van der Waals surface area contributed by atoms with Gasteiger partial charge in [0.1, 0.15) is 5.82 Å². The second-order valence-electron chi connectivity index (χ2n) is 10.2. The lowest BCUT2D eigenvalue weighted by Crippen LogP contribution is -2.51. The number of piperidine rings is 1. The van der Waals surface area contributed by atoms with Gasteiger partial charge in [-0.15, -0.1) is 0 Å². The highest BCUT2D eigenvalue weighted by Crippen LogP contribution is 2.46. The molecule has 1 aromatic heterocycles. The van der Waals surface area contributed by atoms with E-state index in [9.17, 15) is 10.1 Å². The van der Waals surface area contributed by atoms with Crippen molar-refractivity contribution in [2.45, 2.75) is 64.5 Å². The van der Waals surface area contributed by atoms with Crippen LogP contribution in [0, 0.1) is 31.1 Å². The summed E-state index contributed by atoms with van der Waals surface area (Å²) in [5.41, 5.74) is 12.1. The van der Waals surface area contributed by atoms with E-state index in [0.717, 1.165) is 56.7 Å². The van der Waals surface area contributed by atoms with Gasteiger partial charge in [0.05, 0.1) is 28.2 Å². The maximum atomic E-state index is 11.8. The molecule has 1 saturated carbocycles. The summed E-state index contributed by atoms with van der Waals surface area (Å²) in [4.78, 5) is 19.7. The highest BCUT2D eigenvalue weighted by Gasteiger charge is 2.46. The Morgan fingerprint density at radius 2 is 1.76 bits per heavy atom. The van der Waals surface area contributed by atoms with Crippen molar-refractivity contribution in [1.29, 1.82) is 5.26 Å². The van der Waals surface area contributed by atoms with E-state index in [1.807, 2.05) is 12.1 Å². The van der Waals surface area contributed by atoms with Gasteiger partial charge >= 0.3 is 0 Å². The average Bonchev–Trinajstić information content (AvgIpc) is 3.46. The molecule has 0 atom stereocenters. The van der Waals surface area contributed by atoms with E-state index in [0.29, 0.717) is 5.56 Å². The first-order valence-corrected chi connectivity index (χ1v) is 12.4. The molecule has 1 aliphatic carbocycles. The third-order valence-corrected chi connectivity index (χ3v) is 8.14. The number of aryl methyl sites for hydroxylation is 2. The summed E-state index contributed by atoms with van der Waals surface area (Å²) in [6.45, 7) is 6.79. The number of hydrogen-bond donors (Lipinski definition) is 1. The highest BCUT2D eigenvalue weighted by molar-refractivity contribution is 5.79. The molecule has 1 amide bonds. The molecule has 1 aliphatic heterocycles. The molecule has 0 unspecified atom stereocenters. The maximum Gasteiger partial charge on any atom is 0.220 e. The van der Waals surface area contributed by atoms with Crippen LogP contribution >= 0.6 is 0 Å². The Kier molecular flexibility index (Phi) is 5.91. The Morgan fingerprint density at radius 3 is 2.38 bits per heavy atom. The molecule has 2 aromatic carbocycles. The summed E-state index contributed by atoms with van der Waals surface area (Å²) in [7, 11) is 0. The van der Waals surface area contributed by atoms with Crippen LogP contribution in [-0.2, 0) is 16.9 Å². The Labute approximate surface area is 201 Å². The van der Waals surface area contributed by atoms with Crippen LogP contribution in [0.5, 0.6) is 0 Å². The number of rotatable bonds is 5. The van der Waals surface area contributed by atoms with Crippen LogP contribution < -0.4 is 5.73 Å². The lowest BCUT2D eigenvalue weighted by atomic mass is 9.87. The zero-order chi connectivity index (χ0) is 23.9. The third-order valence-electron chi connectivity index (χ3n) is 8.14. The number of carbonyl (C=O) groups excluding carboxylic acids is 1. The minimum atomic E-state index is -0.167. The van der Waals surface area contributed by atoms with Crippen LogP contribution in [0.2, 0.25) is 0 Å². The number of carbonyl (C=O) groups is 1. The Bertz CT molecular complexity index is 1250. The van der Waals surface area contributed by atoms with Crippen molar-refractivity contribution in [3.8, 4) is 6.07 Å². The highest BCUT2D eigenvalue weighted by atomic mass is 16.1. The number of imidazole rings is 1. The second-order valence-corrected chi connectivity index (χ2v) is 10.2. The van der Waals surface area contributed by atoms with Gasteiger partial charge in [-0.1, -0.05) is 25.0 Å². The van der Waals surface area contributed by atoms with Crippen LogP contribution in [0.3, 0.4) is 0 Å². The van der Waals surface area contributed by atoms with Gasteiger partial charge in [-0.3, -0.25) is 9.69 Å². The van der Waals surface area contributed by atoms with Crippen molar-refractivity contribution in [3.05, 3.63) is 64.5 Å². The molecule has 6 nitrogen and oxygen atoms in total. The number of nitriles is 1. The summed E-state index contributed by atoms with van der Waals surface area (Å²) in [6.07, 6.45) is 6.20. The molecule has 2 heterocycles. The summed E-state index contributed by atoms with van der Waals surface area (Å²) < 4.78 is 2.41. The van der Waals surface area contributed by atoms with Crippen molar-refractivity contribution < 1.29 is 4.79 Å². The SMILES string of the molecule is Cc1cc2nc(C3(N4CCC(C(N)=O)CC4)CCCC3)n(Cc3ccc(C#N)cc3)c2cc1C. The molecule has 34 heavy (non-hydrogen) atoms. The molecule has 2 fully saturated rings. The molecule has 1 saturated heterocycles. The normalized spacial score (nSPS) is 18.9. The van der Waals surface area contributed by atoms with E-state index in [1.165, 1.54) is 35.0 Å². The number of benzene rings is 2. The fourth-order valence-corrected chi connectivity index (χ4v) is 6.00. The Morgan fingerprint density at radius 1 is 1.12 bits per heavy atom. The molecule has 0 spiro atoms. The molecule has 2 N–H and O–H groups in total. The number of primary amides is 1. The molecule has 2 aliphatic rings. The number of nitrogens with two attached hydrogens (primary N) is 1. The van der Waals surface area contributed by atoms with E-state index in [2.05, 4.69) is 53.6 Å². The molecule has 3 aromatic rings. The van der Waals surface area contributed by atoms with E-state index in [-0.39, 0.29) is 17.4 Å². The van der Waals surface area contributed by atoms with Crippen LogP contribution in [0.15, 0.2) is 36.4 Å². The standard InChI is InChI=1S/C28H33N5O/c1-19-15-24-25(16-20(19)2)33(18-22-7-5-21(17-29)6-8-22)27(31-24)28(11-3-4-12-28)32-13-9-23(10-14-32)26(30)34/h5-8,15-16,23H,3-4,9-14,18H2,1-2H3,(H2,30,34). The largest absolute Gasteiger partial charge is 0.369 e. The van der Waals surface area contributed by atoms with Gasteiger partial charge in [-0.25, -0.2) is 4.98 Å². The minimum Gasteiger partial charge on any atom is -0.369 e. The van der Waals surface area contributed by atoms with Crippen molar-refractivity contribution in [2.24, 2.45) is 11.7 Å². The molecule has 176 valence electrons. The van der Waals surface area contributed by atoms with Gasteiger partial charge in [-0.2, -0.15) is 5.26 Å². The van der Waals surface area contributed by atoms with Crippen LogP contribution in [-0.4, -0.2) is 33.4 Å². The summed E-state index contributed by atoms with van der Waals surface area (Å²) in [5, 5.41) is 9.20. The molecular weight excluding hydrogens is 422 g/mol. The quantitative estimate of drug-likeness (QED) is 0.612. The maximum absolute atomic E-state index is 11.8. The van der Waals surface area contributed by atoms with Crippen molar-refractivity contribution >= 4 is 16.9 Å². The number of nitrogens with zero attached hydrogens (tertiary/aromatic N) is 4. The van der Waals surface area contributed by atoms with Gasteiger partial charge < -0.3 is 10.3 Å². The van der Waals surface area contributed by atoms with Gasteiger partial charge in [0.25, 0.3) is 0 Å². The number of aromatic nitrogens is 2. The fourth-order valence-electron chi connectivity index (χ4n) is 6.00. The van der Waals surface area contributed by atoms with Gasteiger partial charge in [0.15, 0.2) is 0 Å². The lowest BCUT2D eigenvalue weighted by Gasteiger charge is -2.44. The van der Waals surface area contributed by atoms with Crippen molar-refractivity contribution in [3.63, 3.8) is 0 Å². The zero-order valence-corrected chi connectivity index (χ0v) is 20.2. The molecule has 0 radical (unpaired) electrons. The minimum absolute atomic E-state index is 0.0162. The van der Waals surface area contributed by atoms with Gasteiger partial charge in [-0.05, 0) is 93.6 Å². The summed E-state index contributed by atoms with van der Waals surface area (Å²) in [6, 6.07) is 14.6. The van der Waals surface area contributed by atoms with Crippen LogP contribution in [0.1, 0.15) is 66.6 Å². The average molecular weight is 456 g/mol. The first-order valence-electron chi connectivity index (χ1n) is 12.4. The predicted molar refractivity (Wildman–Crippen MR) is 133 cm³/mol. The molecule has 0 bridgehead atoms. The monoisotopic (exact) mass is 455 g/mol. The van der Waals surface area contributed by atoms with Gasteiger partial charge in [0.2, 0.25) is 5.91 Å². The first kappa shape index (κ1) is 22.6. The third kappa shape index (κ3) is 3.88. The van der Waals surface area contributed by atoms with E-state index < -0.39 is 0 Å². The lowest BCUT2D eigenvalue weighted by molar-refractivity contribution is -0.123. The smallest absolute Gasteiger partial charge is 0.220 e. The second kappa shape index (κ2) is 8.88.